The molecule has 8 heteroatoms. The lowest BCUT2D eigenvalue weighted by atomic mass is 10.2. The molecule has 2 heterocycles. The molecule has 0 atom stereocenters. The van der Waals surface area contributed by atoms with Gasteiger partial charge in [0.05, 0.1) is 13.2 Å². The number of benzene rings is 2. The van der Waals surface area contributed by atoms with Crippen LogP contribution in [0.1, 0.15) is 21.6 Å². The largest absolute Gasteiger partial charge is 0.457 e. The zero-order valence-electron chi connectivity index (χ0n) is 20.3. The van der Waals surface area contributed by atoms with Crippen LogP contribution in [0, 0.1) is 6.92 Å². The number of nitrogens with one attached hydrogen (secondary N) is 2. The van der Waals surface area contributed by atoms with Crippen molar-refractivity contribution >= 4 is 23.6 Å². The maximum absolute atomic E-state index is 12.5. The fourth-order valence-electron chi connectivity index (χ4n) is 3.74. The molecule has 8 nitrogen and oxygen atoms in total. The molecule has 1 aliphatic heterocycles. The van der Waals surface area contributed by atoms with Gasteiger partial charge in [-0.05, 0) is 54.5 Å². The lowest BCUT2D eigenvalue weighted by molar-refractivity contribution is -0.111. The van der Waals surface area contributed by atoms with Gasteiger partial charge >= 0.3 is 0 Å². The average Bonchev–Trinajstić information content (AvgIpc) is 2.88. The third-order valence-corrected chi connectivity index (χ3v) is 5.59. The van der Waals surface area contributed by atoms with Gasteiger partial charge in [0.1, 0.15) is 17.2 Å². The summed E-state index contributed by atoms with van der Waals surface area (Å²) in [5, 5.41) is 5.75. The van der Waals surface area contributed by atoms with Gasteiger partial charge in [0, 0.05) is 50.2 Å². The molecule has 4 rings (SSSR count). The van der Waals surface area contributed by atoms with E-state index in [4.69, 9.17) is 9.47 Å². The zero-order chi connectivity index (χ0) is 25.2. The third kappa shape index (κ3) is 7.76. The van der Waals surface area contributed by atoms with Crippen LogP contribution in [0.4, 0.5) is 5.69 Å². The number of hydrogen-bond donors (Lipinski definition) is 2. The van der Waals surface area contributed by atoms with E-state index < -0.39 is 0 Å². The number of ether oxygens (including phenoxy) is 2. The number of hydrogen-bond acceptors (Lipinski definition) is 6. The molecule has 0 bridgehead atoms. The molecule has 0 saturated carbocycles. The second kappa shape index (κ2) is 12.6. The second-order valence-electron chi connectivity index (χ2n) is 8.45. The Morgan fingerprint density at radius 1 is 1.06 bits per heavy atom. The summed E-state index contributed by atoms with van der Waals surface area (Å²) >= 11 is 0. The molecule has 1 saturated heterocycles. The van der Waals surface area contributed by atoms with Gasteiger partial charge in [-0.25, -0.2) is 0 Å². The van der Waals surface area contributed by atoms with Gasteiger partial charge in [-0.1, -0.05) is 24.3 Å². The smallest absolute Gasteiger partial charge is 0.270 e. The molecule has 1 fully saturated rings. The summed E-state index contributed by atoms with van der Waals surface area (Å²) < 4.78 is 11.3. The molecule has 0 spiro atoms. The van der Waals surface area contributed by atoms with Gasteiger partial charge in [-0.2, -0.15) is 0 Å². The van der Waals surface area contributed by atoms with Gasteiger partial charge < -0.3 is 20.1 Å². The topological polar surface area (TPSA) is 92.8 Å². The SMILES string of the molecule is Cc1cccc(NC(=O)/C=C/c2cccc(Oc3ccnc(C(=O)NCCN4CCOCC4)c3)c2)c1. The number of anilines is 1. The maximum Gasteiger partial charge on any atom is 0.270 e. The van der Waals surface area contributed by atoms with Crippen molar-refractivity contribution in [3.8, 4) is 11.5 Å². The van der Waals surface area contributed by atoms with Crippen LogP contribution in [0.25, 0.3) is 6.08 Å². The first-order chi connectivity index (χ1) is 17.5. The van der Waals surface area contributed by atoms with E-state index in [-0.39, 0.29) is 11.8 Å². The molecule has 0 radical (unpaired) electrons. The normalized spacial score (nSPS) is 13.9. The predicted molar refractivity (Wildman–Crippen MR) is 139 cm³/mol. The highest BCUT2D eigenvalue weighted by molar-refractivity contribution is 6.02. The van der Waals surface area contributed by atoms with Crippen molar-refractivity contribution in [3.05, 3.63) is 89.8 Å². The molecule has 1 aliphatic rings. The third-order valence-electron chi connectivity index (χ3n) is 5.59. The van der Waals surface area contributed by atoms with Crippen LogP contribution in [-0.4, -0.2) is 61.1 Å². The van der Waals surface area contributed by atoms with Crippen molar-refractivity contribution in [2.75, 3.05) is 44.7 Å². The summed E-state index contributed by atoms with van der Waals surface area (Å²) in [5.74, 6) is 0.623. The van der Waals surface area contributed by atoms with Crippen molar-refractivity contribution < 1.29 is 19.1 Å². The van der Waals surface area contributed by atoms with Crippen molar-refractivity contribution in [3.63, 3.8) is 0 Å². The lowest BCUT2D eigenvalue weighted by Gasteiger charge is -2.26. The van der Waals surface area contributed by atoms with Crippen LogP contribution in [-0.2, 0) is 9.53 Å². The van der Waals surface area contributed by atoms with Crippen LogP contribution >= 0.6 is 0 Å². The quantitative estimate of drug-likeness (QED) is 0.446. The Balaban J connectivity index is 1.31. The maximum atomic E-state index is 12.5. The number of amides is 2. The Morgan fingerprint density at radius 2 is 1.86 bits per heavy atom. The summed E-state index contributed by atoms with van der Waals surface area (Å²) in [6, 6.07) is 18.3. The number of aromatic nitrogens is 1. The highest BCUT2D eigenvalue weighted by Crippen LogP contribution is 2.23. The van der Waals surface area contributed by atoms with E-state index in [1.54, 1.807) is 24.4 Å². The summed E-state index contributed by atoms with van der Waals surface area (Å²) in [4.78, 5) is 31.2. The summed E-state index contributed by atoms with van der Waals surface area (Å²) in [6.45, 7) is 6.50. The lowest BCUT2D eigenvalue weighted by Crippen LogP contribution is -2.41. The standard InChI is InChI=1S/C28H30N4O4/c1-21-4-2-6-23(18-21)31-27(33)9-8-22-5-3-7-24(19-22)36-25-10-11-29-26(20-25)28(34)30-12-13-32-14-16-35-17-15-32/h2-11,18-20H,12-17H2,1H3,(H,30,34)(H,31,33)/b9-8+. The highest BCUT2D eigenvalue weighted by atomic mass is 16.5. The minimum atomic E-state index is -0.245. The molecule has 2 amide bonds. The van der Waals surface area contributed by atoms with Gasteiger partial charge in [-0.3, -0.25) is 19.5 Å². The molecule has 3 aromatic rings. The van der Waals surface area contributed by atoms with Crippen LogP contribution in [0.3, 0.4) is 0 Å². The number of morpholine rings is 1. The van der Waals surface area contributed by atoms with Gasteiger partial charge in [0.2, 0.25) is 5.91 Å². The number of rotatable bonds is 9. The second-order valence-corrected chi connectivity index (χ2v) is 8.45. The number of aryl methyl sites for hydroxylation is 1. The Kier molecular flexibility index (Phi) is 8.80. The summed E-state index contributed by atoms with van der Waals surface area (Å²) in [6.07, 6.45) is 4.75. The van der Waals surface area contributed by atoms with E-state index in [1.807, 2.05) is 55.5 Å². The van der Waals surface area contributed by atoms with Crippen LogP contribution in [0.15, 0.2) is 72.9 Å². The first kappa shape index (κ1) is 25.1. The van der Waals surface area contributed by atoms with Gasteiger partial charge in [-0.15, -0.1) is 0 Å². The molecule has 2 aromatic carbocycles. The van der Waals surface area contributed by atoms with E-state index in [0.29, 0.717) is 23.7 Å². The minimum Gasteiger partial charge on any atom is -0.457 e. The fourth-order valence-corrected chi connectivity index (χ4v) is 3.74. The number of carbonyl (C=O) groups excluding carboxylic acids is 2. The molecule has 0 aliphatic carbocycles. The Hall–Kier alpha value is -4.01. The molecule has 1 aromatic heterocycles. The molecular formula is C28H30N4O4. The van der Waals surface area contributed by atoms with E-state index in [0.717, 1.165) is 49.7 Å². The van der Waals surface area contributed by atoms with Crippen molar-refractivity contribution in [1.82, 2.24) is 15.2 Å². The van der Waals surface area contributed by atoms with Crippen LogP contribution in [0.2, 0.25) is 0 Å². The van der Waals surface area contributed by atoms with Crippen LogP contribution < -0.4 is 15.4 Å². The highest BCUT2D eigenvalue weighted by Gasteiger charge is 2.12. The van der Waals surface area contributed by atoms with E-state index in [9.17, 15) is 9.59 Å². The van der Waals surface area contributed by atoms with Crippen molar-refractivity contribution in [2.45, 2.75) is 6.92 Å². The van der Waals surface area contributed by atoms with Gasteiger partial charge in [0.25, 0.3) is 5.91 Å². The summed E-state index contributed by atoms with van der Waals surface area (Å²) in [5.41, 5.74) is 2.92. The number of carbonyl (C=O) groups is 2. The fraction of sp³-hybridized carbons (Fsp3) is 0.250. The Labute approximate surface area is 210 Å². The van der Waals surface area contributed by atoms with Crippen molar-refractivity contribution in [1.29, 1.82) is 0 Å². The number of nitrogens with zero attached hydrogens (tertiary/aromatic N) is 2. The summed E-state index contributed by atoms with van der Waals surface area (Å²) in [7, 11) is 0. The van der Waals surface area contributed by atoms with E-state index in [1.165, 1.54) is 6.08 Å². The zero-order valence-corrected chi connectivity index (χ0v) is 20.3. The average molecular weight is 487 g/mol. The Bertz CT molecular complexity index is 1220. The molecule has 0 unspecified atom stereocenters. The monoisotopic (exact) mass is 486 g/mol. The van der Waals surface area contributed by atoms with Crippen molar-refractivity contribution in [2.24, 2.45) is 0 Å². The molecule has 186 valence electrons. The first-order valence-electron chi connectivity index (χ1n) is 11.9. The van der Waals surface area contributed by atoms with Gasteiger partial charge in [0.15, 0.2) is 0 Å². The van der Waals surface area contributed by atoms with Crippen LogP contribution in [0.5, 0.6) is 11.5 Å². The molecular weight excluding hydrogens is 456 g/mol. The first-order valence-corrected chi connectivity index (χ1v) is 11.9. The number of pyridine rings is 1. The molecule has 2 N–H and O–H groups in total. The van der Waals surface area contributed by atoms with E-state index >= 15 is 0 Å². The van der Waals surface area contributed by atoms with E-state index in [2.05, 4.69) is 20.5 Å². The Morgan fingerprint density at radius 3 is 2.69 bits per heavy atom. The molecule has 36 heavy (non-hydrogen) atoms. The minimum absolute atomic E-state index is 0.217. The predicted octanol–water partition coefficient (Wildman–Crippen LogP) is 3.90.